The van der Waals surface area contributed by atoms with Gasteiger partial charge in [-0.1, -0.05) is 24.3 Å². The average Bonchev–Trinajstić information content (AvgIpc) is 4.03. The molecule has 2 aromatic rings. The normalized spacial score (nSPS) is 26.5. The van der Waals surface area contributed by atoms with E-state index in [2.05, 4.69) is 23.2 Å². The molecule has 5 atom stereocenters. The van der Waals surface area contributed by atoms with Crippen LogP contribution in [-0.2, 0) is 29.1 Å². The predicted molar refractivity (Wildman–Crippen MR) is 184 cm³/mol. The highest BCUT2D eigenvalue weighted by molar-refractivity contribution is 7.91. The molecule has 4 fully saturated rings. The number of nitrogens with one attached hydrogen (secondary N) is 2. The molecule has 0 spiro atoms. The van der Waals surface area contributed by atoms with Crippen LogP contribution in [0.1, 0.15) is 51.4 Å². The van der Waals surface area contributed by atoms with Crippen LogP contribution in [0.4, 0.5) is 5.95 Å². The van der Waals surface area contributed by atoms with Crippen molar-refractivity contribution in [3.8, 4) is 5.88 Å². The predicted octanol–water partition coefficient (Wildman–Crippen LogP) is 2.72. The molecule has 3 amide bonds. The van der Waals surface area contributed by atoms with Crippen molar-refractivity contribution < 1.29 is 32.3 Å². The number of aromatic nitrogens is 2. The number of ether oxygens (including phenoxy) is 2. The van der Waals surface area contributed by atoms with Crippen molar-refractivity contribution in [3.05, 3.63) is 49.6 Å². The molecule has 0 bridgehead atoms. The highest BCUT2D eigenvalue weighted by Crippen LogP contribution is 2.46. The Morgan fingerprint density at radius 3 is 2.53 bits per heavy atom. The third-order valence-corrected chi connectivity index (χ3v) is 11.9. The van der Waals surface area contributed by atoms with Crippen molar-refractivity contribution in [1.29, 1.82) is 0 Å². The number of carbonyl (C=O) groups excluding carboxylic acids is 3. The third-order valence-electron chi connectivity index (χ3n) is 10.1. The molecule has 1 aromatic heterocycles. The lowest BCUT2D eigenvalue weighted by atomic mass is 9.93. The number of allylic oxidation sites excluding steroid dienone is 1. The number of rotatable bonds is 15. The summed E-state index contributed by atoms with van der Waals surface area (Å²) in [5, 5.41) is 3.00. The van der Waals surface area contributed by atoms with Crippen LogP contribution in [0.5, 0.6) is 5.88 Å². The van der Waals surface area contributed by atoms with Crippen LogP contribution < -0.4 is 19.7 Å². The Morgan fingerprint density at radius 2 is 1.84 bits per heavy atom. The molecule has 13 nitrogen and oxygen atoms in total. The molecule has 2 heterocycles. The molecule has 14 heteroatoms. The van der Waals surface area contributed by atoms with Gasteiger partial charge in [-0.2, -0.15) is 4.98 Å². The maximum Gasteiger partial charge on any atom is 0.259 e. The Hall–Kier alpha value is -4.04. The van der Waals surface area contributed by atoms with Gasteiger partial charge in [0.15, 0.2) is 0 Å². The van der Waals surface area contributed by atoms with Crippen molar-refractivity contribution in [1.82, 2.24) is 24.9 Å². The van der Waals surface area contributed by atoms with Gasteiger partial charge < -0.3 is 24.6 Å². The number of fused-ring (bicyclic) bond motifs is 1. The largest absolute Gasteiger partial charge is 0.474 e. The molecular formula is C35H46N6O7S. The molecule has 6 rings (SSSR count). The Labute approximate surface area is 287 Å². The standard InChI is InChI=1S/C35H46N6O7S/c1-4-6-7-10-15-40(3)32(43)28-21-24(48-31-26-11-8-9-12-29(26)36-34(37-31)41-16-18-47-19-17-41)20-27(28)30(42)38-35(22-23(35)5-2)33(44)39-49(45,46)25-13-14-25/h4-5,8-9,11-12,23-25,27-28H,1-2,6-7,10,13-22H2,3H3,(H,38,42)(H,39,44). The summed E-state index contributed by atoms with van der Waals surface area (Å²) >= 11 is 0. The molecule has 1 aliphatic heterocycles. The van der Waals surface area contributed by atoms with Crippen LogP contribution in [0.3, 0.4) is 0 Å². The molecule has 49 heavy (non-hydrogen) atoms. The number of morpholine rings is 1. The van der Waals surface area contributed by atoms with Crippen LogP contribution in [-0.4, -0.2) is 97.8 Å². The van der Waals surface area contributed by atoms with Gasteiger partial charge in [0.2, 0.25) is 33.7 Å². The van der Waals surface area contributed by atoms with Crippen LogP contribution in [0.25, 0.3) is 10.9 Å². The van der Waals surface area contributed by atoms with E-state index in [0.717, 1.165) is 19.3 Å². The summed E-state index contributed by atoms with van der Waals surface area (Å²) in [6.45, 7) is 10.5. The fourth-order valence-corrected chi connectivity index (χ4v) is 8.26. The SMILES string of the molecule is C=CCCCCN(C)C(=O)C1CC(Oc2nc(N3CCOCC3)nc3ccccc23)CC1C(=O)NC1(C(=O)NS(=O)(=O)C2CC2)CC1C=C. The first-order valence-electron chi connectivity index (χ1n) is 17.2. The fourth-order valence-electron chi connectivity index (χ4n) is 6.90. The highest BCUT2D eigenvalue weighted by Gasteiger charge is 2.62. The van der Waals surface area contributed by atoms with Crippen LogP contribution >= 0.6 is 0 Å². The minimum absolute atomic E-state index is 0.183. The molecule has 0 radical (unpaired) electrons. The molecule has 1 aromatic carbocycles. The Bertz CT molecular complexity index is 1710. The summed E-state index contributed by atoms with van der Waals surface area (Å²) in [5.41, 5.74) is -0.730. The Balaban J connectivity index is 1.24. The van der Waals surface area contributed by atoms with Gasteiger partial charge in [0, 0.05) is 32.6 Å². The van der Waals surface area contributed by atoms with Crippen LogP contribution in [0.15, 0.2) is 49.6 Å². The second kappa shape index (κ2) is 14.4. The quantitative estimate of drug-likeness (QED) is 0.210. The van der Waals surface area contributed by atoms with E-state index < -0.39 is 56.5 Å². The number of carbonyl (C=O) groups is 3. The van der Waals surface area contributed by atoms with Crippen molar-refractivity contribution in [3.63, 3.8) is 0 Å². The summed E-state index contributed by atoms with van der Waals surface area (Å²) in [4.78, 5) is 54.7. The lowest BCUT2D eigenvalue weighted by molar-refractivity contribution is -0.140. The minimum Gasteiger partial charge on any atom is -0.474 e. The molecule has 264 valence electrons. The van der Waals surface area contributed by atoms with Crippen LogP contribution in [0, 0.1) is 17.8 Å². The number of anilines is 1. The number of hydrogen-bond acceptors (Lipinski definition) is 10. The zero-order valence-electron chi connectivity index (χ0n) is 28.0. The molecule has 4 aliphatic rings. The Morgan fingerprint density at radius 1 is 1.10 bits per heavy atom. The minimum atomic E-state index is -3.83. The van der Waals surface area contributed by atoms with E-state index in [0.29, 0.717) is 68.4 Å². The average molecular weight is 695 g/mol. The van der Waals surface area contributed by atoms with Gasteiger partial charge in [0.05, 0.1) is 41.2 Å². The van der Waals surface area contributed by atoms with E-state index in [-0.39, 0.29) is 25.2 Å². The zero-order valence-corrected chi connectivity index (χ0v) is 28.8. The number of benzene rings is 1. The van der Waals surface area contributed by atoms with E-state index in [1.807, 2.05) is 35.2 Å². The molecule has 3 aliphatic carbocycles. The second-order valence-corrected chi connectivity index (χ2v) is 15.6. The Kier molecular flexibility index (Phi) is 10.3. The van der Waals surface area contributed by atoms with Gasteiger partial charge in [-0.15, -0.1) is 13.2 Å². The highest BCUT2D eigenvalue weighted by atomic mass is 32.2. The zero-order chi connectivity index (χ0) is 34.8. The first kappa shape index (κ1) is 34.8. The summed E-state index contributed by atoms with van der Waals surface area (Å²) in [6, 6.07) is 7.55. The first-order chi connectivity index (χ1) is 23.6. The second-order valence-electron chi connectivity index (χ2n) is 13.6. The summed E-state index contributed by atoms with van der Waals surface area (Å²) in [7, 11) is -2.10. The van der Waals surface area contributed by atoms with Gasteiger partial charge in [0.25, 0.3) is 5.91 Å². The fraction of sp³-hybridized carbons (Fsp3) is 0.571. The van der Waals surface area contributed by atoms with E-state index in [9.17, 15) is 22.8 Å². The number of nitrogens with zero attached hydrogens (tertiary/aromatic N) is 4. The van der Waals surface area contributed by atoms with Crippen LogP contribution in [0.2, 0.25) is 0 Å². The van der Waals surface area contributed by atoms with E-state index in [1.54, 1.807) is 18.0 Å². The molecular weight excluding hydrogens is 648 g/mol. The van der Waals surface area contributed by atoms with Crippen molar-refractivity contribution >= 4 is 44.6 Å². The van der Waals surface area contributed by atoms with Crippen molar-refractivity contribution in [2.45, 2.75) is 68.3 Å². The van der Waals surface area contributed by atoms with Gasteiger partial charge in [-0.05, 0) is 63.5 Å². The molecule has 5 unspecified atom stereocenters. The number of sulfonamides is 1. The first-order valence-corrected chi connectivity index (χ1v) is 18.7. The number of amides is 3. The monoisotopic (exact) mass is 694 g/mol. The van der Waals surface area contributed by atoms with Crippen molar-refractivity contribution in [2.24, 2.45) is 17.8 Å². The number of hydrogen-bond donors (Lipinski definition) is 2. The van der Waals surface area contributed by atoms with Crippen molar-refractivity contribution in [2.75, 3.05) is 44.8 Å². The van der Waals surface area contributed by atoms with E-state index in [1.165, 1.54) is 0 Å². The third kappa shape index (κ3) is 7.59. The van der Waals surface area contributed by atoms with Gasteiger partial charge >= 0.3 is 0 Å². The molecule has 3 saturated carbocycles. The lowest BCUT2D eigenvalue weighted by Crippen LogP contribution is -2.54. The topological polar surface area (TPSA) is 160 Å². The number of para-hydroxylation sites is 1. The smallest absolute Gasteiger partial charge is 0.259 e. The summed E-state index contributed by atoms with van der Waals surface area (Å²) < 4.78 is 39.5. The number of unbranched alkanes of at least 4 members (excludes halogenated alkanes) is 2. The summed E-state index contributed by atoms with van der Waals surface area (Å²) in [5.74, 6) is -2.53. The lowest BCUT2D eigenvalue weighted by Gasteiger charge is -2.27. The van der Waals surface area contributed by atoms with E-state index in [4.69, 9.17) is 19.4 Å². The van der Waals surface area contributed by atoms with E-state index >= 15 is 0 Å². The van der Waals surface area contributed by atoms with Gasteiger partial charge in [-0.25, -0.2) is 13.4 Å². The summed E-state index contributed by atoms with van der Waals surface area (Å²) in [6.07, 6.45) is 7.06. The maximum absolute atomic E-state index is 14.1. The maximum atomic E-state index is 14.1. The molecule has 2 N–H and O–H groups in total. The van der Waals surface area contributed by atoms with Gasteiger partial charge in [-0.3, -0.25) is 19.1 Å². The molecule has 1 saturated heterocycles. The van der Waals surface area contributed by atoms with Gasteiger partial charge in [0.1, 0.15) is 11.6 Å².